The van der Waals surface area contributed by atoms with Gasteiger partial charge in [-0.2, -0.15) is 0 Å². The molecule has 1 N–H and O–H groups in total. The van der Waals surface area contributed by atoms with Crippen molar-refractivity contribution in [3.8, 4) is 5.88 Å². The third kappa shape index (κ3) is 1.12. The van der Waals surface area contributed by atoms with Gasteiger partial charge in [0.05, 0.1) is 0 Å². The molecular formula is C8H9N5O. The zero-order valence-electron chi connectivity index (χ0n) is 7.42. The Morgan fingerprint density at radius 2 is 2.43 bits per heavy atom. The quantitative estimate of drug-likeness (QED) is 0.691. The maximum Gasteiger partial charge on any atom is 0.260 e. The first-order valence-electron chi connectivity index (χ1n) is 4.45. The molecule has 0 bridgehead atoms. The second-order valence-corrected chi connectivity index (χ2v) is 3.19. The van der Waals surface area contributed by atoms with Crippen molar-refractivity contribution in [2.24, 2.45) is 0 Å². The third-order valence-corrected chi connectivity index (χ3v) is 2.21. The molecule has 1 saturated heterocycles. The van der Waals surface area contributed by atoms with Gasteiger partial charge < -0.3 is 10.1 Å². The number of nitrogens with zero attached hydrogens (tertiary/aromatic N) is 4. The molecule has 0 amide bonds. The van der Waals surface area contributed by atoms with E-state index in [9.17, 15) is 0 Å². The molecule has 3 rings (SSSR count). The number of hydrogen-bond donors (Lipinski definition) is 1. The molecule has 0 aliphatic carbocycles. The van der Waals surface area contributed by atoms with E-state index in [4.69, 9.17) is 4.74 Å². The summed E-state index contributed by atoms with van der Waals surface area (Å²) in [6, 6.07) is 0. The molecule has 2 aromatic heterocycles. The summed E-state index contributed by atoms with van der Waals surface area (Å²) in [6.45, 7) is 1.74. The molecule has 0 radical (unpaired) electrons. The second kappa shape index (κ2) is 2.91. The van der Waals surface area contributed by atoms with Crippen LogP contribution in [0.4, 0.5) is 0 Å². The fourth-order valence-corrected chi connectivity index (χ4v) is 1.32. The van der Waals surface area contributed by atoms with Gasteiger partial charge in [-0.3, -0.25) is 4.40 Å². The van der Waals surface area contributed by atoms with Crippen LogP contribution in [0, 0.1) is 0 Å². The molecule has 1 fully saturated rings. The van der Waals surface area contributed by atoms with Gasteiger partial charge >= 0.3 is 0 Å². The van der Waals surface area contributed by atoms with Crippen molar-refractivity contribution in [3.63, 3.8) is 0 Å². The van der Waals surface area contributed by atoms with Gasteiger partial charge in [-0.1, -0.05) is 0 Å². The molecule has 6 nitrogen and oxygen atoms in total. The van der Waals surface area contributed by atoms with Crippen LogP contribution in [0.5, 0.6) is 5.88 Å². The van der Waals surface area contributed by atoms with Crippen molar-refractivity contribution < 1.29 is 4.74 Å². The molecule has 3 heterocycles. The average Bonchev–Trinajstić information content (AvgIpc) is 2.59. The molecule has 0 saturated carbocycles. The maximum absolute atomic E-state index is 5.62. The molecule has 0 spiro atoms. The van der Waals surface area contributed by atoms with Crippen LogP contribution in [-0.2, 0) is 0 Å². The van der Waals surface area contributed by atoms with E-state index < -0.39 is 0 Å². The first-order chi connectivity index (χ1) is 6.93. The average molecular weight is 191 g/mol. The molecule has 1 aliphatic rings. The molecule has 0 aromatic carbocycles. The van der Waals surface area contributed by atoms with Crippen LogP contribution in [-0.4, -0.2) is 38.8 Å². The highest BCUT2D eigenvalue weighted by molar-refractivity contribution is 5.47. The van der Waals surface area contributed by atoms with Gasteiger partial charge in [0.15, 0.2) is 0 Å². The zero-order chi connectivity index (χ0) is 9.38. The van der Waals surface area contributed by atoms with E-state index in [0.29, 0.717) is 11.5 Å². The van der Waals surface area contributed by atoms with Crippen LogP contribution in [0.1, 0.15) is 0 Å². The van der Waals surface area contributed by atoms with E-state index in [1.807, 2.05) is 0 Å². The van der Waals surface area contributed by atoms with E-state index >= 15 is 0 Å². The van der Waals surface area contributed by atoms with Crippen molar-refractivity contribution in [1.82, 2.24) is 24.9 Å². The SMILES string of the molecule is c1cn2cnnc2c(OC2CNC2)n1. The summed E-state index contributed by atoms with van der Waals surface area (Å²) >= 11 is 0. The van der Waals surface area contributed by atoms with Crippen molar-refractivity contribution in [3.05, 3.63) is 18.7 Å². The Morgan fingerprint density at radius 3 is 3.21 bits per heavy atom. The van der Waals surface area contributed by atoms with Crippen molar-refractivity contribution in [2.75, 3.05) is 13.1 Å². The Kier molecular flexibility index (Phi) is 1.60. The van der Waals surface area contributed by atoms with Crippen LogP contribution >= 0.6 is 0 Å². The maximum atomic E-state index is 5.62. The molecule has 72 valence electrons. The van der Waals surface area contributed by atoms with Gasteiger partial charge in [0.25, 0.3) is 5.88 Å². The van der Waals surface area contributed by atoms with Crippen molar-refractivity contribution in [2.45, 2.75) is 6.10 Å². The summed E-state index contributed by atoms with van der Waals surface area (Å²) in [4.78, 5) is 4.13. The lowest BCUT2D eigenvalue weighted by Gasteiger charge is -2.26. The Morgan fingerprint density at radius 1 is 1.50 bits per heavy atom. The van der Waals surface area contributed by atoms with E-state index in [-0.39, 0.29) is 6.10 Å². The summed E-state index contributed by atoms with van der Waals surface area (Å²) < 4.78 is 7.41. The minimum Gasteiger partial charge on any atom is -0.469 e. The predicted octanol–water partition coefficient (Wildman–Crippen LogP) is -0.525. The Hall–Kier alpha value is -1.69. The number of ether oxygens (including phenoxy) is 1. The molecule has 14 heavy (non-hydrogen) atoms. The van der Waals surface area contributed by atoms with E-state index in [2.05, 4.69) is 20.5 Å². The van der Waals surface area contributed by atoms with Gasteiger partial charge in [0.1, 0.15) is 12.4 Å². The topological polar surface area (TPSA) is 64.3 Å². The smallest absolute Gasteiger partial charge is 0.260 e. The highest BCUT2D eigenvalue weighted by atomic mass is 16.5. The van der Waals surface area contributed by atoms with E-state index in [1.54, 1.807) is 23.1 Å². The number of rotatable bonds is 2. The first kappa shape index (κ1) is 7.69. The normalized spacial score (nSPS) is 16.9. The van der Waals surface area contributed by atoms with Crippen molar-refractivity contribution >= 4 is 5.65 Å². The Bertz CT molecular complexity index is 450. The molecule has 2 aromatic rings. The van der Waals surface area contributed by atoms with E-state index in [1.165, 1.54) is 0 Å². The minimum absolute atomic E-state index is 0.213. The highest BCUT2D eigenvalue weighted by Gasteiger charge is 2.20. The number of fused-ring (bicyclic) bond motifs is 1. The van der Waals surface area contributed by atoms with Crippen LogP contribution in [0.15, 0.2) is 18.7 Å². The third-order valence-electron chi connectivity index (χ3n) is 2.21. The van der Waals surface area contributed by atoms with Gasteiger partial charge in [0.2, 0.25) is 5.65 Å². The monoisotopic (exact) mass is 191 g/mol. The first-order valence-corrected chi connectivity index (χ1v) is 4.45. The van der Waals surface area contributed by atoms with Gasteiger partial charge in [-0.25, -0.2) is 4.98 Å². The predicted molar refractivity (Wildman–Crippen MR) is 48.1 cm³/mol. The summed E-state index contributed by atoms with van der Waals surface area (Å²) in [5, 5.41) is 10.9. The fraction of sp³-hybridized carbons (Fsp3) is 0.375. The second-order valence-electron chi connectivity index (χ2n) is 3.19. The summed E-state index contributed by atoms with van der Waals surface area (Å²) in [5.41, 5.74) is 0.666. The molecule has 0 unspecified atom stereocenters. The number of hydrogen-bond acceptors (Lipinski definition) is 5. The molecule has 1 aliphatic heterocycles. The number of nitrogens with one attached hydrogen (secondary N) is 1. The van der Waals surface area contributed by atoms with Crippen LogP contribution in [0.2, 0.25) is 0 Å². The number of aromatic nitrogens is 4. The van der Waals surface area contributed by atoms with Gasteiger partial charge in [0, 0.05) is 25.5 Å². The lowest BCUT2D eigenvalue weighted by molar-refractivity contribution is 0.137. The Labute approximate surface area is 79.9 Å². The standard InChI is InChI=1S/C8H9N5O/c1-2-13-5-11-12-7(13)8(10-1)14-6-3-9-4-6/h1-2,5-6,9H,3-4H2. The highest BCUT2D eigenvalue weighted by Crippen LogP contribution is 2.15. The Balaban J connectivity index is 1.97. The summed E-state index contributed by atoms with van der Waals surface area (Å²) in [5.74, 6) is 0.552. The fourth-order valence-electron chi connectivity index (χ4n) is 1.32. The largest absolute Gasteiger partial charge is 0.469 e. The molecule has 6 heteroatoms. The minimum atomic E-state index is 0.213. The molecular weight excluding hydrogens is 182 g/mol. The lowest BCUT2D eigenvalue weighted by atomic mass is 10.2. The summed E-state index contributed by atoms with van der Waals surface area (Å²) in [6.07, 6.45) is 5.31. The van der Waals surface area contributed by atoms with Gasteiger partial charge in [-0.15, -0.1) is 10.2 Å². The van der Waals surface area contributed by atoms with Crippen LogP contribution < -0.4 is 10.1 Å². The zero-order valence-corrected chi connectivity index (χ0v) is 7.42. The van der Waals surface area contributed by atoms with E-state index in [0.717, 1.165) is 13.1 Å². The van der Waals surface area contributed by atoms with Crippen molar-refractivity contribution in [1.29, 1.82) is 0 Å². The van der Waals surface area contributed by atoms with Crippen LogP contribution in [0.3, 0.4) is 0 Å². The molecule has 0 atom stereocenters. The van der Waals surface area contributed by atoms with Gasteiger partial charge in [-0.05, 0) is 0 Å². The van der Waals surface area contributed by atoms with Crippen LogP contribution in [0.25, 0.3) is 5.65 Å². The lowest BCUT2D eigenvalue weighted by Crippen LogP contribution is -2.50. The summed E-state index contributed by atoms with van der Waals surface area (Å²) in [7, 11) is 0.